The summed E-state index contributed by atoms with van der Waals surface area (Å²) >= 11 is 0. The quantitative estimate of drug-likeness (QED) is 0.832. The maximum absolute atomic E-state index is 10.7. The molecule has 0 aliphatic carbocycles. The number of carbonyl (C=O) groups excluding carboxylic acids is 2. The van der Waals surface area contributed by atoms with Gasteiger partial charge in [0.15, 0.2) is 0 Å². The van der Waals surface area contributed by atoms with E-state index in [0.717, 1.165) is 22.6 Å². The van der Waals surface area contributed by atoms with Gasteiger partial charge in [-0.3, -0.25) is 9.59 Å². The van der Waals surface area contributed by atoms with Crippen LogP contribution in [0.3, 0.4) is 0 Å². The molecule has 0 unspecified atom stereocenters. The van der Waals surface area contributed by atoms with Crippen molar-refractivity contribution in [1.29, 1.82) is 0 Å². The average molecular weight is 358 g/mol. The minimum absolute atomic E-state index is 0.0362. The van der Waals surface area contributed by atoms with Crippen LogP contribution < -0.4 is 20.1 Å². The van der Waals surface area contributed by atoms with Crippen molar-refractivity contribution in [3.63, 3.8) is 0 Å². The van der Waals surface area contributed by atoms with Crippen molar-refractivity contribution >= 4 is 11.8 Å². The molecule has 0 saturated carbocycles. The van der Waals surface area contributed by atoms with Gasteiger partial charge < -0.3 is 20.1 Å². The van der Waals surface area contributed by atoms with Crippen molar-refractivity contribution < 1.29 is 19.1 Å². The number of para-hydroxylation sites is 2. The topological polar surface area (TPSA) is 76.7 Å². The fourth-order valence-electron chi connectivity index (χ4n) is 2.14. The lowest BCUT2D eigenvalue weighted by atomic mass is 10.2. The normalized spacial score (nSPS) is 9.38. The molecule has 0 atom stereocenters. The summed E-state index contributed by atoms with van der Waals surface area (Å²) in [4.78, 5) is 21.3. The molecular formula is C20H26N2O4. The van der Waals surface area contributed by atoms with Crippen molar-refractivity contribution in [1.82, 2.24) is 10.6 Å². The summed E-state index contributed by atoms with van der Waals surface area (Å²) < 4.78 is 10.3. The van der Waals surface area contributed by atoms with Gasteiger partial charge in [0.25, 0.3) is 0 Å². The predicted molar refractivity (Wildman–Crippen MR) is 101 cm³/mol. The van der Waals surface area contributed by atoms with E-state index in [0.29, 0.717) is 13.1 Å². The van der Waals surface area contributed by atoms with Gasteiger partial charge in [-0.15, -0.1) is 0 Å². The molecule has 2 aromatic rings. The molecule has 2 amide bonds. The van der Waals surface area contributed by atoms with Gasteiger partial charge in [0.2, 0.25) is 11.8 Å². The van der Waals surface area contributed by atoms with Crippen LogP contribution in [-0.2, 0) is 22.7 Å². The lowest BCUT2D eigenvalue weighted by Crippen LogP contribution is -2.19. The van der Waals surface area contributed by atoms with Crippen molar-refractivity contribution in [3.8, 4) is 11.5 Å². The fraction of sp³-hybridized carbons (Fsp3) is 0.300. The number of rotatable bonds is 6. The summed E-state index contributed by atoms with van der Waals surface area (Å²) in [6.45, 7) is 4.02. The van der Waals surface area contributed by atoms with Crippen LogP contribution in [0.15, 0.2) is 48.5 Å². The third kappa shape index (κ3) is 7.70. The molecule has 0 radical (unpaired) electrons. The molecular weight excluding hydrogens is 332 g/mol. The largest absolute Gasteiger partial charge is 0.496 e. The smallest absolute Gasteiger partial charge is 0.217 e. The number of ether oxygens (including phenoxy) is 2. The molecule has 26 heavy (non-hydrogen) atoms. The molecule has 0 fully saturated rings. The minimum atomic E-state index is -0.0362. The van der Waals surface area contributed by atoms with Gasteiger partial charge in [0.1, 0.15) is 11.5 Å². The van der Waals surface area contributed by atoms with Gasteiger partial charge >= 0.3 is 0 Å². The van der Waals surface area contributed by atoms with Gasteiger partial charge in [-0.1, -0.05) is 36.4 Å². The molecule has 0 aliphatic rings. The highest BCUT2D eigenvalue weighted by molar-refractivity contribution is 5.73. The van der Waals surface area contributed by atoms with E-state index < -0.39 is 0 Å². The number of amides is 2. The number of nitrogens with one attached hydrogen (secondary N) is 2. The average Bonchev–Trinajstić information content (AvgIpc) is 2.65. The highest BCUT2D eigenvalue weighted by atomic mass is 16.5. The molecule has 0 aliphatic heterocycles. The third-order valence-corrected chi connectivity index (χ3v) is 3.44. The van der Waals surface area contributed by atoms with Crippen LogP contribution in [0.25, 0.3) is 0 Å². The Hall–Kier alpha value is -3.02. The maximum atomic E-state index is 10.7. The van der Waals surface area contributed by atoms with Crippen LogP contribution in [0.4, 0.5) is 0 Å². The molecule has 0 bridgehead atoms. The number of carbonyl (C=O) groups is 2. The van der Waals surface area contributed by atoms with Gasteiger partial charge in [0.05, 0.1) is 14.2 Å². The first-order valence-corrected chi connectivity index (χ1v) is 8.20. The van der Waals surface area contributed by atoms with E-state index in [1.54, 1.807) is 14.2 Å². The second-order valence-electron chi connectivity index (χ2n) is 5.44. The van der Waals surface area contributed by atoms with E-state index in [9.17, 15) is 9.59 Å². The van der Waals surface area contributed by atoms with E-state index in [1.165, 1.54) is 13.8 Å². The number of hydrogen-bond acceptors (Lipinski definition) is 4. The predicted octanol–water partition coefficient (Wildman–Crippen LogP) is 2.66. The lowest BCUT2D eigenvalue weighted by Gasteiger charge is -2.07. The van der Waals surface area contributed by atoms with Gasteiger partial charge in [-0.05, 0) is 12.1 Å². The third-order valence-electron chi connectivity index (χ3n) is 3.44. The number of hydrogen-bond donors (Lipinski definition) is 2. The summed E-state index contributed by atoms with van der Waals surface area (Å²) in [7, 11) is 3.24. The van der Waals surface area contributed by atoms with Crippen LogP contribution in [0.2, 0.25) is 0 Å². The van der Waals surface area contributed by atoms with E-state index in [1.807, 2.05) is 48.5 Å². The van der Waals surface area contributed by atoms with Crippen LogP contribution in [-0.4, -0.2) is 26.0 Å². The zero-order valence-electron chi connectivity index (χ0n) is 15.7. The SMILES string of the molecule is COc1ccccc1CNC(C)=O.COc1ccccc1CNC(C)=O. The van der Waals surface area contributed by atoms with E-state index >= 15 is 0 Å². The number of methoxy groups -OCH3 is 2. The molecule has 2 aromatic carbocycles. The minimum Gasteiger partial charge on any atom is -0.496 e. The molecule has 0 heterocycles. The molecule has 6 nitrogen and oxygen atoms in total. The standard InChI is InChI=1S/2C10H13NO2/c2*1-8(12)11-7-9-5-3-4-6-10(9)13-2/h2*3-6H,7H2,1-2H3,(H,11,12). The van der Waals surface area contributed by atoms with Crippen molar-refractivity contribution in [2.75, 3.05) is 14.2 Å². The Balaban J connectivity index is 0.000000260. The van der Waals surface area contributed by atoms with Gasteiger partial charge in [-0.25, -0.2) is 0 Å². The highest BCUT2D eigenvalue weighted by Gasteiger charge is 2.01. The summed E-state index contributed by atoms with van der Waals surface area (Å²) in [5.74, 6) is 1.53. The Labute approximate surface area is 154 Å². The van der Waals surface area contributed by atoms with Crippen molar-refractivity contribution in [2.24, 2.45) is 0 Å². The van der Waals surface area contributed by atoms with Crippen LogP contribution >= 0.6 is 0 Å². The molecule has 0 saturated heterocycles. The molecule has 140 valence electrons. The monoisotopic (exact) mass is 358 g/mol. The van der Waals surface area contributed by atoms with E-state index in [4.69, 9.17) is 9.47 Å². The molecule has 0 spiro atoms. The maximum Gasteiger partial charge on any atom is 0.217 e. The van der Waals surface area contributed by atoms with Crippen LogP contribution in [0.1, 0.15) is 25.0 Å². The highest BCUT2D eigenvalue weighted by Crippen LogP contribution is 2.17. The Morgan fingerprint density at radius 1 is 0.731 bits per heavy atom. The Morgan fingerprint density at radius 3 is 1.38 bits per heavy atom. The summed E-state index contributed by atoms with van der Waals surface area (Å²) in [5, 5.41) is 5.44. The zero-order chi connectivity index (χ0) is 19.4. The summed E-state index contributed by atoms with van der Waals surface area (Å²) in [5.41, 5.74) is 1.97. The lowest BCUT2D eigenvalue weighted by molar-refractivity contribution is -0.120. The molecule has 2 N–H and O–H groups in total. The van der Waals surface area contributed by atoms with Crippen molar-refractivity contribution in [2.45, 2.75) is 26.9 Å². The van der Waals surface area contributed by atoms with Crippen molar-refractivity contribution in [3.05, 3.63) is 59.7 Å². The molecule has 0 aromatic heterocycles. The molecule has 6 heteroatoms. The van der Waals surface area contributed by atoms with Gasteiger partial charge in [0, 0.05) is 38.1 Å². The number of benzene rings is 2. The molecule has 2 rings (SSSR count). The van der Waals surface area contributed by atoms with E-state index in [-0.39, 0.29) is 11.8 Å². The van der Waals surface area contributed by atoms with Crippen LogP contribution in [0, 0.1) is 0 Å². The van der Waals surface area contributed by atoms with E-state index in [2.05, 4.69) is 10.6 Å². The first-order chi connectivity index (χ1) is 12.5. The first-order valence-electron chi connectivity index (χ1n) is 8.20. The van der Waals surface area contributed by atoms with Crippen LogP contribution in [0.5, 0.6) is 11.5 Å². The fourth-order valence-corrected chi connectivity index (χ4v) is 2.14. The Bertz CT molecular complexity index is 655. The Morgan fingerprint density at radius 2 is 1.08 bits per heavy atom. The summed E-state index contributed by atoms with van der Waals surface area (Å²) in [6.07, 6.45) is 0. The second-order valence-corrected chi connectivity index (χ2v) is 5.44. The zero-order valence-corrected chi connectivity index (χ0v) is 15.7. The van der Waals surface area contributed by atoms with Gasteiger partial charge in [-0.2, -0.15) is 0 Å². The second kappa shape index (κ2) is 11.5. The summed E-state index contributed by atoms with van der Waals surface area (Å²) in [6, 6.07) is 15.2. The first kappa shape index (κ1) is 21.0. The Kier molecular flexibility index (Phi) is 9.31.